The molecule has 3 rings (SSSR count). The molecule has 1 saturated carbocycles. The third-order valence-electron chi connectivity index (χ3n) is 5.05. The zero-order chi connectivity index (χ0) is 16.1. The van der Waals surface area contributed by atoms with Gasteiger partial charge in [0.1, 0.15) is 0 Å². The van der Waals surface area contributed by atoms with Crippen LogP contribution in [0.4, 0.5) is 9.93 Å². The molecule has 0 unspecified atom stereocenters. The lowest BCUT2D eigenvalue weighted by Gasteiger charge is -2.31. The molecule has 0 spiro atoms. The van der Waals surface area contributed by atoms with E-state index in [0.29, 0.717) is 11.2 Å². The van der Waals surface area contributed by atoms with Crippen molar-refractivity contribution in [2.45, 2.75) is 57.9 Å². The maximum Gasteiger partial charge on any atom is 0.321 e. The second-order valence-corrected chi connectivity index (χ2v) is 7.78. The number of amides is 2. The number of aromatic nitrogens is 1. The Kier molecular flexibility index (Phi) is 5.89. The van der Waals surface area contributed by atoms with Gasteiger partial charge in [0.2, 0.25) is 0 Å². The van der Waals surface area contributed by atoms with Gasteiger partial charge in [-0.1, -0.05) is 19.3 Å². The summed E-state index contributed by atoms with van der Waals surface area (Å²) in [5.74, 6) is 0.872. The van der Waals surface area contributed by atoms with Crippen molar-refractivity contribution in [1.82, 2.24) is 15.2 Å². The summed E-state index contributed by atoms with van der Waals surface area (Å²) in [7, 11) is 0. The number of urea groups is 1. The van der Waals surface area contributed by atoms with Crippen LogP contribution in [0, 0.1) is 12.8 Å². The number of hydrogen-bond acceptors (Lipinski definition) is 4. The lowest BCUT2D eigenvalue weighted by molar-refractivity contribution is 0.185. The van der Waals surface area contributed by atoms with E-state index < -0.39 is 0 Å². The number of nitrogens with one attached hydrogen (secondary N) is 2. The molecule has 2 aliphatic rings. The number of anilines is 1. The fraction of sp³-hybridized carbons (Fsp3) is 0.765. The van der Waals surface area contributed by atoms with Crippen molar-refractivity contribution >= 4 is 22.5 Å². The van der Waals surface area contributed by atoms with Crippen LogP contribution < -0.4 is 10.6 Å². The molecule has 2 heterocycles. The third-order valence-corrected chi connectivity index (χ3v) is 5.93. The summed E-state index contributed by atoms with van der Waals surface area (Å²) in [5, 5.41) is 8.46. The molecule has 0 aromatic carbocycles. The van der Waals surface area contributed by atoms with E-state index in [1.165, 1.54) is 69.4 Å². The average Bonchev–Trinajstić information content (AvgIpc) is 3.15. The van der Waals surface area contributed by atoms with Crippen molar-refractivity contribution in [3.05, 3.63) is 11.1 Å². The Balaban J connectivity index is 1.42. The summed E-state index contributed by atoms with van der Waals surface area (Å²) in [5.41, 5.74) is 0.944. The highest BCUT2D eigenvalue weighted by Gasteiger charge is 2.27. The Morgan fingerprint density at radius 1 is 1.30 bits per heavy atom. The molecule has 128 valence electrons. The lowest BCUT2D eigenvalue weighted by atomic mass is 9.89. The predicted molar refractivity (Wildman–Crippen MR) is 95.0 cm³/mol. The van der Waals surface area contributed by atoms with Gasteiger partial charge in [0, 0.05) is 24.5 Å². The maximum atomic E-state index is 12.0. The van der Waals surface area contributed by atoms with Crippen molar-refractivity contribution in [1.29, 1.82) is 0 Å². The first-order valence-corrected chi connectivity index (χ1v) is 9.79. The molecule has 2 N–H and O–H groups in total. The first-order chi connectivity index (χ1) is 11.2. The standard InChI is InChI=1S/C17H28N4OS/c1-13-12-23-17(19-13)20-16(22)18-10-15-8-5-9-21(15)11-14-6-3-2-4-7-14/h12,14-15H,2-11H2,1H3,(H2,18,19,20,22)/t15-/m1/s1. The molecule has 1 aromatic rings. The Morgan fingerprint density at radius 2 is 2.13 bits per heavy atom. The average molecular weight is 337 g/mol. The van der Waals surface area contributed by atoms with Crippen LogP contribution in [0.2, 0.25) is 0 Å². The van der Waals surface area contributed by atoms with Crippen molar-refractivity contribution < 1.29 is 4.79 Å². The summed E-state index contributed by atoms with van der Waals surface area (Å²) in [6.07, 6.45) is 9.45. The Labute approximate surface area is 142 Å². The summed E-state index contributed by atoms with van der Waals surface area (Å²) in [6, 6.07) is 0.365. The van der Waals surface area contributed by atoms with Crippen LogP contribution in [-0.4, -0.2) is 41.6 Å². The second-order valence-electron chi connectivity index (χ2n) is 6.92. The second kappa shape index (κ2) is 8.11. The normalized spacial score (nSPS) is 23.1. The molecule has 5 nitrogen and oxygen atoms in total. The van der Waals surface area contributed by atoms with Gasteiger partial charge in [0.15, 0.2) is 5.13 Å². The van der Waals surface area contributed by atoms with E-state index in [9.17, 15) is 4.79 Å². The van der Waals surface area contributed by atoms with Gasteiger partial charge in [-0.05, 0) is 45.1 Å². The fourth-order valence-corrected chi connectivity index (χ4v) is 4.51. The molecule has 2 fully saturated rings. The van der Waals surface area contributed by atoms with Gasteiger partial charge in [-0.15, -0.1) is 11.3 Å². The van der Waals surface area contributed by atoms with E-state index in [1.54, 1.807) is 0 Å². The fourth-order valence-electron chi connectivity index (χ4n) is 3.83. The van der Waals surface area contributed by atoms with Gasteiger partial charge >= 0.3 is 6.03 Å². The number of carbonyl (C=O) groups is 1. The van der Waals surface area contributed by atoms with E-state index in [2.05, 4.69) is 20.5 Å². The summed E-state index contributed by atoms with van der Waals surface area (Å²) in [4.78, 5) is 18.9. The minimum Gasteiger partial charge on any atom is -0.336 e. The predicted octanol–water partition coefficient (Wildman–Crippen LogP) is 3.62. The zero-order valence-corrected chi connectivity index (χ0v) is 14.8. The molecule has 1 aliphatic heterocycles. The minimum atomic E-state index is -0.135. The highest BCUT2D eigenvalue weighted by Crippen LogP contribution is 2.27. The topological polar surface area (TPSA) is 57.3 Å². The highest BCUT2D eigenvalue weighted by molar-refractivity contribution is 7.13. The van der Waals surface area contributed by atoms with Crippen LogP contribution in [0.1, 0.15) is 50.6 Å². The molecule has 0 bridgehead atoms. The van der Waals surface area contributed by atoms with E-state index in [-0.39, 0.29) is 6.03 Å². The SMILES string of the molecule is Cc1csc(NC(=O)NC[C@H]2CCCN2CC2CCCCC2)n1. The van der Waals surface area contributed by atoms with E-state index >= 15 is 0 Å². The van der Waals surface area contributed by atoms with Crippen molar-refractivity contribution in [3.63, 3.8) is 0 Å². The smallest absolute Gasteiger partial charge is 0.321 e. The monoisotopic (exact) mass is 336 g/mol. The first-order valence-electron chi connectivity index (χ1n) is 8.92. The summed E-state index contributed by atoms with van der Waals surface area (Å²) in [6.45, 7) is 5.08. The molecular weight excluding hydrogens is 308 g/mol. The quantitative estimate of drug-likeness (QED) is 0.863. The molecule has 1 aliphatic carbocycles. The molecule has 6 heteroatoms. The van der Waals surface area contributed by atoms with Crippen molar-refractivity contribution in [3.8, 4) is 0 Å². The molecule has 2 amide bonds. The summed E-state index contributed by atoms with van der Waals surface area (Å²) >= 11 is 1.47. The van der Waals surface area contributed by atoms with Gasteiger partial charge in [-0.25, -0.2) is 9.78 Å². The van der Waals surface area contributed by atoms with Gasteiger partial charge in [-0.3, -0.25) is 10.2 Å². The van der Waals surface area contributed by atoms with E-state index in [4.69, 9.17) is 0 Å². The van der Waals surface area contributed by atoms with Crippen LogP contribution in [0.25, 0.3) is 0 Å². The Bertz CT molecular complexity index is 512. The first kappa shape index (κ1) is 16.7. The maximum absolute atomic E-state index is 12.0. The number of nitrogens with zero attached hydrogens (tertiary/aromatic N) is 2. The van der Waals surface area contributed by atoms with Crippen LogP contribution >= 0.6 is 11.3 Å². The van der Waals surface area contributed by atoms with Gasteiger partial charge in [-0.2, -0.15) is 0 Å². The van der Waals surface area contributed by atoms with Crippen LogP contribution in [0.15, 0.2) is 5.38 Å². The van der Waals surface area contributed by atoms with Gasteiger partial charge < -0.3 is 5.32 Å². The number of thiazole rings is 1. The number of rotatable bonds is 5. The minimum absolute atomic E-state index is 0.135. The molecule has 1 aromatic heterocycles. The van der Waals surface area contributed by atoms with Crippen LogP contribution in [0.3, 0.4) is 0 Å². The van der Waals surface area contributed by atoms with Crippen LogP contribution in [0.5, 0.6) is 0 Å². The third kappa shape index (κ3) is 4.91. The van der Waals surface area contributed by atoms with Gasteiger partial charge in [0.05, 0.1) is 5.69 Å². The molecule has 1 atom stereocenters. The number of aryl methyl sites for hydroxylation is 1. The van der Waals surface area contributed by atoms with E-state index in [0.717, 1.165) is 18.2 Å². The molecule has 0 radical (unpaired) electrons. The zero-order valence-electron chi connectivity index (χ0n) is 14.0. The van der Waals surface area contributed by atoms with Crippen LogP contribution in [-0.2, 0) is 0 Å². The lowest BCUT2D eigenvalue weighted by Crippen LogP contribution is -2.43. The van der Waals surface area contributed by atoms with E-state index in [1.807, 2.05) is 12.3 Å². The molecule has 23 heavy (non-hydrogen) atoms. The Hall–Kier alpha value is -1.14. The van der Waals surface area contributed by atoms with Crippen molar-refractivity contribution in [2.75, 3.05) is 25.0 Å². The largest absolute Gasteiger partial charge is 0.336 e. The van der Waals surface area contributed by atoms with Crippen molar-refractivity contribution in [2.24, 2.45) is 5.92 Å². The van der Waals surface area contributed by atoms with Gasteiger partial charge in [0.25, 0.3) is 0 Å². The number of likely N-dealkylation sites (tertiary alicyclic amines) is 1. The molecule has 1 saturated heterocycles. The Morgan fingerprint density at radius 3 is 2.87 bits per heavy atom. The highest BCUT2D eigenvalue weighted by atomic mass is 32.1. The number of hydrogen-bond donors (Lipinski definition) is 2. The summed E-state index contributed by atoms with van der Waals surface area (Å²) < 4.78 is 0. The number of carbonyl (C=O) groups excluding carboxylic acids is 1. The molecular formula is C17H28N4OS.